The SMILES string of the molecule is O=C(CCn1cc(CCO)nn1)Nc1ccccc1F. The third-order valence-electron chi connectivity index (χ3n) is 2.67. The smallest absolute Gasteiger partial charge is 0.226 e. The molecular weight excluding hydrogens is 263 g/mol. The first-order valence-corrected chi connectivity index (χ1v) is 6.23. The van der Waals surface area contributed by atoms with Gasteiger partial charge in [-0.3, -0.25) is 9.48 Å². The summed E-state index contributed by atoms with van der Waals surface area (Å²) in [7, 11) is 0. The first-order chi connectivity index (χ1) is 9.69. The van der Waals surface area contributed by atoms with Crippen molar-refractivity contribution in [2.24, 2.45) is 0 Å². The third kappa shape index (κ3) is 3.86. The second kappa shape index (κ2) is 6.76. The Hall–Kier alpha value is -2.28. The number of anilines is 1. The molecule has 7 heteroatoms. The topological polar surface area (TPSA) is 80.0 Å². The summed E-state index contributed by atoms with van der Waals surface area (Å²) < 4.78 is 14.9. The first-order valence-electron chi connectivity index (χ1n) is 6.23. The number of nitrogens with one attached hydrogen (secondary N) is 1. The molecule has 2 rings (SSSR count). The summed E-state index contributed by atoms with van der Waals surface area (Å²) >= 11 is 0. The minimum Gasteiger partial charge on any atom is -0.396 e. The number of carbonyl (C=O) groups is 1. The van der Waals surface area contributed by atoms with Crippen molar-refractivity contribution in [3.8, 4) is 0 Å². The number of para-hydroxylation sites is 1. The van der Waals surface area contributed by atoms with Gasteiger partial charge in [0, 0.05) is 25.6 Å². The minimum absolute atomic E-state index is 0.00641. The Bertz CT molecular complexity index is 585. The summed E-state index contributed by atoms with van der Waals surface area (Å²) in [5, 5.41) is 18.9. The molecule has 0 fully saturated rings. The maximum Gasteiger partial charge on any atom is 0.226 e. The van der Waals surface area contributed by atoms with E-state index >= 15 is 0 Å². The lowest BCUT2D eigenvalue weighted by atomic mass is 10.3. The van der Waals surface area contributed by atoms with Crippen molar-refractivity contribution in [2.75, 3.05) is 11.9 Å². The molecule has 0 bridgehead atoms. The van der Waals surface area contributed by atoms with Crippen LogP contribution in [0.3, 0.4) is 0 Å². The van der Waals surface area contributed by atoms with Crippen molar-refractivity contribution in [3.05, 3.63) is 42.0 Å². The van der Waals surface area contributed by atoms with Gasteiger partial charge in [-0.1, -0.05) is 17.3 Å². The van der Waals surface area contributed by atoms with E-state index in [0.29, 0.717) is 18.7 Å². The van der Waals surface area contributed by atoms with Crippen LogP contribution in [0.25, 0.3) is 0 Å². The molecule has 1 amide bonds. The van der Waals surface area contributed by atoms with Gasteiger partial charge in [-0.15, -0.1) is 5.10 Å². The van der Waals surface area contributed by atoms with Crippen molar-refractivity contribution in [2.45, 2.75) is 19.4 Å². The molecule has 1 heterocycles. The second-order valence-corrected chi connectivity index (χ2v) is 4.22. The third-order valence-corrected chi connectivity index (χ3v) is 2.67. The average molecular weight is 278 g/mol. The zero-order chi connectivity index (χ0) is 14.4. The van der Waals surface area contributed by atoms with Crippen LogP contribution in [0.1, 0.15) is 12.1 Å². The number of carbonyl (C=O) groups excluding carboxylic acids is 1. The number of hydrogen-bond acceptors (Lipinski definition) is 4. The molecule has 0 saturated heterocycles. The average Bonchev–Trinajstić information content (AvgIpc) is 2.87. The van der Waals surface area contributed by atoms with Gasteiger partial charge in [-0.25, -0.2) is 4.39 Å². The molecule has 0 unspecified atom stereocenters. The number of aromatic nitrogens is 3. The van der Waals surface area contributed by atoms with E-state index in [9.17, 15) is 9.18 Å². The number of amides is 1. The van der Waals surface area contributed by atoms with E-state index in [2.05, 4.69) is 15.6 Å². The molecule has 1 aromatic carbocycles. The molecule has 2 N–H and O–H groups in total. The minimum atomic E-state index is -0.466. The number of hydrogen-bond donors (Lipinski definition) is 2. The lowest BCUT2D eigenvalue weighted by Gasteiger charge is -2.05. The summed E-state index contributed by atoms with van der Waals surface area (Å²) in [6.07, 6.45) is 2.27. The highest BCUT2D eigenvalue weighted by molar-refractivity contribution is 5.90. The Kier molecular flexibility index (Phi) is 4.78. The molecule has 6 nitrogen and oxygen atoms in total. The van der Waals surface area contributed by atoms with Gasteiger partial charge in [0.15, 0.2) is 0 Å². The molecule has 2 aromatic rings. The summed E-state index contributed by atoms with van der Waals surface area (Å²) in [5.41, 5.74) is 0.832. The maximum atomic E-state index is 13.3. The molecule has 0 radical (unpaired) electrons. The van der Waals surface area contributed by atoms with Crippen molar-refractivity contribution >= 4 is 11.6 Å². The van der Waals surface area contributed by atoms with E-state index in [0.717, 1.165) is 0 Å². The number of aryl methyl sites for hydroxylation is 1. The van der Waals surface area contributed by atoms with Crippen LogP contribution in [-0.2, 0) is 17.8 Å². The van der Waals surface area contributed by atoms with Crippen LogP contribution >= 0.6 is 0 Å². The Balaban J connectivity index is 1.84. The predicted molar refractivity (Wildman–Crippen MR) is 70.5 cm³/mol. The molecule has 0 aliphatic heterocycles. The van der Waals surface area contributed by atoms with Crippen LogP contribution in [-0.4, -0.2) is 32.6 Å². The lowest BCUT2D eigenvalue weighted by Crippen LogP contribution is -2.15. The van der Waals surface area contributed by atoms with Crippen molar-refractivity contribution in [3.63, 3.8) is 0 Å². The van der Waals surface area contributed by atoms with Crippen molar-refractivity contribution in [1.82, 2.24) is 15.0 Å². The highest BCUT2D eigenvalue weighted by atomic mass is 19.1. The number of halogens is 1. The lowest BCUT2D eigenvalue weighted by molar-refractivity contribution is -0.116. The van der Waals surface area contributed by atoms with Gasteiger partial charge < -0.3 is 10.4 Å². The molecule has 0 aliphatic rings. The largest absolute Gasteiger partial charge is 0.396 e. The zero-order valence-corrected chi connectivity index (χ0v) is 10.8. The summed E-state index contributed by atoms with van der Waals surface area (Å²) in [4.78, 5) is 11.7. The van der Waals surface area contributed by atoms with Crippen LogP contribution < -0.4 is 5.32 Å². The fraction of sp³-hybridized carbons (Fsp3) is 0.308. The summed E-state index contributed by atoms with van der Waals surface area (Å²) in [5.74, 6) is -0.763. The zero-order valence-electron chi connectivity index (χ0n) is 10.8. The highest BCUT2D eigenvalue weighted by Gasteiger charge is 2.07. The van der Waals surface area contributed by atoms with E-state index in [1.807, 2.05) is 0 Å². The van der Waals surface area contributed by atoms with Gasteiger partial charge in [0.1, 0.15) is 5.82 Å². The number of benzene rings is 1. The van der Waals surface area contributed by atoms with Crippen LogP contribution in [0.5, 0.6) is 0 Å². The monoisotopic (exact) mass is 278 g/mol. The van der Waals surface area contributed by atoms with Crippen LogP contribution in [0.2, 0.25) is 0 Å². The van der Waals surface area contributed by atoms with Gasteiger partial charge >= 0.3 is 0 Å². The van der Waals surface area contributed by atoms with E-state index in [4.69, 9.17) is 5.11 Å². The number of aliphatic hydroxyl groups is 1. The molecule has 0 saturated carbocycles. The predicted octanol–water partition coefficient (Wildman–Crippen LogP) is 0.981. The summed E-state index contributed by atoms with van der Waals surface area (Å²) in [6.45, 7) is 0.352. The normalized spacial score (nSPS) is 10.5. The molecule has 0 atom stereocenters. The van der Waals surface area contributed by atoms with Crippen LogP contribution in [0.4, 0.5) is 10.1 Å². The number of aliphatic hydroxyl groups excluding tert-OH is 1. The maximum absolute atomic E-state index is 13.3. The molecule has 0 aliphatic carbocycles. The molecular formula is C13H15FN4O2. The van der Waals surface area contributed by atoms with Crippen LogP contribution in [0.15, 0.2) is 30.5 Å². The van der Waals surface area contributed by atoms with E-state index < -0.39 is 5.82 Å². The van der Waals surface area contributed by atoms with E-state index in [-0.39, 0.29) is 24.6 Å². The second-order valence-electron chi connectivity index (χ2n) is 4.22. The molecule has 1 aromatic heterocycles. The quantitative estimate of drug-likeness (QED) is 0.825. The Labute approximate surface area is 115 Å². The Morgan fingerprint density at radius 3 is 2.95 bits per heavy atom. The van der Waals surface area contributed by atoms with E-state index in [1.54, 1.807) is 18.3 Å². The fourth-order valence-electron chi connectivity index (χ4n) is 1.67. The molecule has 106 valence electrons. The van der Waals surface area contributed by atoms with E-state index in [1.165, 1.54) is 16.8 Å². The standard InChI is InChI=1S/C13H15FN4O2/c14-11-3-1-2-4-12(11)15-13(20)5-7-18-9-10(6-8-19)16-17-18/h1-4,9,19H,5-8H2,(H,15,20). The van der Waals surface area contributed by atoms with Gasteiger partial charge in [0.2, 0.25) is 5.91 Å². The molecule has 0 spiro atoms. The number of nitrogens with zero attached hydrogens (tertiary/aromatic N) is 3. The Morgan fingerprint density at radius 1 is 1.40 bits per heavy atom. The highest BCUT2D eigenvalue weighted by Crippen LogP contribution is 2.12. The number of rotatable bonds is 6. The first kappa shape index (κ1) is 14.1. The van der Waals surface area contributed by atoms with Gasteiger partial charge in [-0.2, -0.15) is 0 Å². The van der Waals surface area contributed by atoms with Crippen molar-refractivity contribution in [1.29, 1.82) is 0 Å². The Morgan fingerprint density at radius 2 is 2.20 bits per heavy atom. The van der Waals surface area contributed by atoms with Crippen LogP contribution in [0, 0.1) is 5.82 Å². The van der Waals surface area contributed by atoms with Gasteiger partial charge in [0.25, 0.3) is 0 Å². The van der Waals surface area contributed by atoms with Crippen molar-refractivity contribution < 1.29 is 14.3 Å². The fourth-order valence-corrected chi connectivity index (χ4v) is 1.67. The molecule has 20 heavy (non-hydrogen) atoms. The summed E-state index contributed by atoms with van der Waals surface area (Å²) in [6, 6.07) is 6.00. The van der Waals surface area contributed by atoms with Gasteiger partial charge in [-0.05, 0) is 12.1 Å². The van der Waals surface area contributed by atoms with Gasteiger partial charge in [0.05, 0.1) is 17.9 Å².